The molecule has 25 heavy (non-hydrogen) atoms. The molecule has 1 N–H and O–H groups in total. The fourth-order valence-electron chi connectivity index (χ4n) is 2.68. The molecule has 0 aliphatic rings. The number of benzene rings is 1. The fraction of sp³-hybridized carbons (Fsp3) is 0.167. The Kier molecular flexibility index (Phi) is 3.81. The van der Waals surface area contributed by atoms with Crippen LogP contribution in [-0.4, -0.2) is 33.7 Å². The van der Waals surface area contributed by atoms with Crippen LogP contribution in [0.25, 0.3) is 22.6 Å². The Bertz CT molecular complexity index is 990. The van der Waals surface area contributed by atoms with Gasteiger partial charge < -0.3 is 19.0 Å². The molecule has 1 aromatic carbocycles. The number of anilines is 1. The first-order chi connectivity index (χ1) is 12.3. The number of hydrogen-bond donors (Lipinski definition) is 1. The largest absolute Gasteiger partial charge is 0.497 e. The van der Waals surface area contributed by atoms with E-state index in [1.165, 1.54) is 0 Å². The van der Waals surface area contributed by atoms with Crippen LogP contribution in [0.15, 0.2) is 53.4 Å². The van der Waals surface area contributed by atoms with Gasteiger partial charge in [0.2, 0.25) is 5.95 Å². The Labute approximate surface area is 144 Å². The van der Waals surface area contributed by atoms with E-state index in [4.69, 9.17) is 9.15 Å². The van der Waals surface area contributed by atoms with Gasteiger partial charge in [-0.25, -0.2) is 9.97 Å². The van der Waals surface area contributed by atoms with Gasteiger partial charge in [0, 0.05) is 7.05 Å². The molecule has 0 saturated carbocycles. The maximum Gasteiger partial charge on any atom is 0.225 e. The van der Waals surface area contributed by atoms with E-state index in [1.807, 2.05) is 41.0 Å². The van der Waals surface area contributed by atoms with Gasteiger partial charge in [-0.1, -0.05) is 12.1 Å². The van der Waals surface area contributed by atoms with Crippen LogP contribution < -0.4 is 10.1 Å². The zero-order valence-electron chi connectivity index (χ0n) is 13.9. The number of imidazole rings is 1. The van der Waals surface area contributed by atoms with Crippen LogP contribution in [-0.2, 0) is 6.54 Å². The first-order valence-electron chi connectivity index (χ1n) is 7.86. The Morgan fingerprint density at radius 3 is 2.68 bits per heavy atom. The summed E-state index contributed by atoms with van der Waals surface area (Å²) in [5.41, 5.74) is 3.26. The smallest absolute Gasteiger partial charge is 0.225 e. The van der Waals surface area contributed by atoms with Gasteiger partial charge in [-0.05, 0) is 29.8 Å². The van der Waals surface area contributed by atoms with Crippen molar-refractivity contribution >= 4 is 17.1 Å². The maximum absolute atomic E-state index is 5.50. The maximum atomic E-state index is 5.50. The third kappa shape index (κ3) is 2.80. The van der Waals surface area contributed by atoms with Crippen molar-refractivity contribution in [3.63, 3.8) is 0 Å². The molecule has 0 radical (unpaired) electrons. The average molecular weight is 335 g/mol. The van der Waals surface area contributed by atoms with Crippen LogP contribution in [0.3, 0.4) is 0 Å². The van der Waals surface area contributed by atoms with Crippen LogP contribution in [0.5, 0.6) is 5.75 Å². The van der Waals surface area contributed by atoms with Gasteiger partial charge >= 0.3 is 0 Å². The molecule has 0 unspecified atom stereocenters. The minimum absolute atomic E-state index is 0.524. The molecule has 3 aromatic heterocycles. The number of furan rings is 1. The van der Waals surface area contributed by atoms with Gasteiger partial charge in [0.1, 0.15) is 17.0 Å². The summed E-state index contributed by atoms with van der Waals surface area (Å²) in [6, 6.07) is 11.6. The first kappa shape index (κ1) is 15.2. The second kappa shape index (κ2) is 6.27. The number of hydrogen-bond acceptors (Lipinski definition) is 6. The van der Waals surface area contributed by atoms with E-state index in [0.717, 1.165) is 17.0 Å². The predicted octanol–water partition coefficient (Wildman–Crippen LogP) is 3.18. The molecular formula is C18H17N5O2. The highest BCUT2D eigenvalue weighted by Gasteiger charge is 2.16. The lowest BCUT2D eigenvalue weighted by atomic mass is 10.2. The summed E-state index contributed by atoms with van der Waals surface area (Å²) < 4.78 is 12.7. The summed E-state index contributed by atoms with van der Waals surface area (Å²) in [5, 5.41) is 3.00. The van der Waals surface area contributed by atoms with Gasteiger partial charge in [-0.2, -0.15) is 4.98 Å². The van der Waals surface area contributed by atoms with Crippen molar-refractivity contribution in [1.82, 2.24) is 19.5 Å². The van der Waals surface area contributed by atoms with Crippen molar-refractivity contribution < 1.29 is 9.15 Å². The van der Waals surface area contributed by atoms with Gasteiger partial charge in [-0.3, -0.25) is 0 Å². The molecule has 0 amide bonds. The molecule has 3 heterocycles. The number of nitrogens with zero attached hydrogens (tertiary/aromatic N) is 4. The summed E-state index contributed by atoms with van der Waals surface area (Å²) in [7, 11) is 3.45. The lowest BCUT2D eigenvalue weighted by Gasteiger charge is -2.07. The SMILES string of the molecule is CNc1nc(-c2ccco2)c2ncn(Cc3ccc(OC)cc3)c2n1. The van der Waals surface area contributed by atoms with Crippen molar-refractivity contribution in [2.45, 2.75) is 6.54 Å². The molecule has 0 saturated heterocycles. The summed E-state index contributed by atoms with van der Waals surface area (Å²) in [4.78, 5) is 13.6. The van der Waals surface area contributed by atoms with Crippen molar-refractivity contribution in [3.05, 3.63) is 54.6 Å². The molecule has 0 spiro atoms. The molecule has 0 aliphatic heterocycles. The number of rotatable bonds is 5. The van der Waals surface area contributed by atoms with Gasteiger partial charge in [0.05, 0.1) is 26.2 Å². The Hall–Kier alpha value is -3.35. The van der Waals surface area contributed by atoms with E-state index in [-0.39, 0.29) is 0 Å². The molecule has 0 bridgehead atoms. The molecule has 0 fully saturated rings. The van der Waals surface area contributed by atoms with Crippen LogP contribution in [0, 0.1) is 0 Å². The number of nitrogens with one attached hydrogen (secondary N) is 1. The van der Waals surface area contributed by atoms with Crippen LogP contribution in [0.2, 0.25) is 0 Å². The van der Waals surface area contributed by atoms with Gasteiger partial charge in [0.25, 0.3) is 0 Å². The minimum Gasteiger partial charge on any atom is -0.497 e. The summed E-state index contributed by atoms with van der Waals surface area (Å²) >= 11 is 0. The molecule has 7 nitrogen and oxygen atoms in total. The van der Waals surface area contributed by atoms with E-state index in [1.54, 1.807) is 26.7 Å². The summed E-state index contributed by atoms with van der Waals surface area (Å²) in [6.07, 6.45) is 3.39. The Balaban J connectivity index is 1.78. The molecule has 0 atom stereocenters. The number of aromatic nitrogens is 4. The summed E-state index contributed by atoms with van der Waals surface area (Å²) in [6.45, 7) is 0.651. The van der Waals surface area contributed by atoms with E-state index in [2.05, 4.69) is 20.3 Å². The molecule has 126 valence electrons. The third-order valence-corrected chi connectivity index (χ3v) is 3.95. The highest BCUT2D eigenvalue weighted by Crippen LogP contribution is 2.27. The second-order valence-corrected chi connectivity index (χ2v) is 5.52. The van der Waals surface area contributed by atoms with E-state index < -0.39 is 0 Å². The number of methoxy groups -OCH3 is 1. The normalized spacial score (nSPS) is 11.0. The van der Waals surface area contributed by atoms with E-state index >= 15 is 0 Å². The van der Waals surface area contributed by atoms with Crippen molar-refractivity contribution in [2.24, 2.45) is 0 Å². The zero-order chi connectivity index (χ0) is 17.2. The van der Waals surface area contributed by atoms with Gasteiger partial charge in [-0.15, -0.1) is 0 Å². The quantitative estimate of drug-likeness (QED) is 0.603. The Morgan fingerprint density at radius 1 is 1.16 bits per heavy atom. The Morgan fingerprint density at radius 2 is 2.00 bits per heavy atom. The highest BCUT2D eigenvalue weighted by molar-refractivity contribution is 5.86. The molecule has 4 aromatic rings. The lowest BCUT2D eigenvalue weighted by Crippen LogP contribution is -2.03. The average Bonchev–Trinajstić information content (AvgIpc) is 3.32. The molecule has 0 aliphatic carbocycles. The number of fused-ring (bicyclic) bond motifs is 1. The lowest BCUT2D eigenvalue weighted by molar-refractivity contribution is 0.414. The second-order valence-electron chi connectivity index (χ2n) is 5.52. The molecule has 7 heteroatoms. The zero-order valence-corrected chi connectivity index (χ0v) is 13.9. The fourth-order valence-corrected chi connectivity index (χ4v) is 2.68. The topological polar surface area (TPSA) is 78.0 Å². The van der Waals surface area contributed by atoms with E-state index in [9.17, 15) is 0 Å². The van der Waals surface area contributed by atoms with E-state index in [0.29, 0.717) is 29.5 Å². The van der Waals surface area contributed by atoms with Crippen LogP contribution >= 0.6 is 0 Å². The first-order valence-corrected chi connectivity index (χ1v) is 7.86. The predicted molar refractivity (Wildman–Crippen MR) is 94.7 cm³/mol. The van der Waals surface area contributed by atoms with Crippen molar-refractivity contribution in [1.29, 1.82) is 0 Å². The van der Waals surface area contributed by atoms with Crippen LogP contribution in [0.1, 0.15) is 5.56 Å². The molecular weight excluding hydrogens is 318 g/mol. The van der Waals surface area contributed by atoms with Crippen molar-refractivity contribution in [2.75, 3.05) is 19.5 Å². The third-order valence-electron chi connectivity index (χ3n) is 3.95. The van der Waals surface area contributed by atoms with Crippen LogP contribution in [0.4, 0.5) is 5.95 Å². The summed E-state index contributed by atoms with van der Waals surface area (Å²) in [5.74, 6) is 2.02. The van der Waals surface area contributed by atoms with Gasteiger partial charge in [0.15, 0.2) is 11.4 Å². The number of ether oxygens (including phenoxy) is 1. The highest BCUT2D eigenvalue weighted by atomic mass is 16.5. The van der Waals surface area contributed by atoms with Crippen molar-refractivity contribution in [3.8, 4) is 17.2 Å². The monoisotopic (exact) mass is 335 g/mol. The standard InChI is InChI=1S/C18H17N5O2/c1-19-18-21-15(14-4-3-9-25-14)16-17(22-18)23(11-20-16)10-12-5-7-13(24-2)8-6-12/h3-9,11H,10H2,1-2H3,(H,19,21,22). The molecule has 4 rings (SSSR count). The minimum atomic E-state index is 0.524.